The number of hydrogen-bond donors (Lipinski definition) is 2. The molecule has 1 fully saturated rings. The number of aromatic nitrogens is 3. The number of imidazole rings is 1. The maximum atomic E-state index is 4.59. The maximum absolute atomic E-state index is 4.59. The van der Waals surface area contributed by atoms with Crippen LogP contribution in [0.4, 0.5) is 5.82 Å². The largest absolute Gasteiger partial charge is 0.354 e. The molecule has 0 saturated carbocycles. The van der Waals surface area contributed by atoms with E-state index in [0.29, 0.717) is 0 Å². The number of piperazine rings is 1. The highest BCUT2D eigenvalue weighted by Gasteiger charge is 2.14. The van der Waals surface area contributed by atoms with Gasteiger partial charge in [0.05, 0.1) is 6.54 Å². The number of nitrogens with zero attached hydrogens (tertiary/aromatic N) is 4. The third-order valence-corrected chi connectivity index (χ3v) is 3.81. The van der Waals surface area contributed by atoms with Gasteiger partial charge in [-0.05, 0) is 18.7 Å². The number of H-pyrrole nitrogens is 1. The van der Waals surface area contributed by atoms with E-state index < -0.39 is 0 Å². The molecule has 3 heterocycles. The SMILES string of the molecule is CN1CCN(c2ccc(CNCc3ncc[nH]3)cn2)CC1. The molecule has 1 aliphatic rings. The van der Waals surface area contributed by atoms with E-state index in [1.54, 1.807) is 6.20 Å². The molecule has 112 valence electrons. The molecular weight excluding hydrogens is 264 g/mol. The molecule has 21 heavy (non-hydrogen) atoms. The maximum Gasteiger partial charge on any atom is 0.128 e. The van der Waals surface area contributed by atoms with Gasteiger partial charge in [-0.15, -0.1) is 0 Å². The average molecular weight is 286 g/mol. The first-order valence-electron chi connectivity index (χ1n) is 7.38. The first-order chi connectivity index (χ1) is 10.3. The summed E-state index contributed by atoms with van der Waals surface area (Å²) in [5.74, 6) is 2.04. The number of pyridine rings is 1. The van der Waals surface area contributed by atoms with Crippen molar-refractivity contribution < 1.29 is 0 Å². The monoisotopic (exact) mass is 286 g/mol. The van der Waals surface area contributed by atoms with Crippen LogP contribution in [-0.2, 0) is 13.1 Å². The molecule has 0 aliphatic carbocycles. The predicted molar refractivity (Wildman–Crippen MR) is 83.1 cm³/mol. The lowest BCUT2D eigenvalue weighted by atomic mass is 10.2. The first-order valence-corrected chi connectivity index (χ1v) is 7.38. The Kier molecular flexibility index (Phi) is 4.47. The van der Waals surface area contributed by atoms with Gasteiger partial charge in [-0.2, -0.15) is 0 Å². The van der Waals surface area contributed by atoms with Gasteiger partial charge in [-0.3, -0.25) is 0 Å². The van der Waals surface area contributed by atoms with Crippen LogP contribution in [0.25, 0.3) is 0 Å². The third-order valence-electron chi connectivity index (χ3n) is 3.81. The fraction of sp³-hybridized carbons (Fsp3) is 0.467. The molecule has 0 unspecified atom stereocenters. The van der Waals surface area contributed by atoms with Gasteiger partial charge < -0.3 is 20.1 Å². The van der Waals surface area contributed by atoms with Crippen molar-refractivity contribution >= 4 is 5.82 Å². The number of hydrogen-bond acceptors (Lipinski definition) is 5. The van der Waals surface area contributed by atoms with Crippen LogP contribution in [-0.4, -0.2) is 53.1 Å². The van der Waals surface area contributed by atoms with E-state index in [1.807, 2.05) is 12.4 Å². The van der Waals surface area contributed by atoms with Crippen LogP contribution in [0.1, 0.15) is 11.4 Å². The highest BCUT2D eigenvalue weighted by Crippen LogP contribution is 2.13. The van der Waals surface area contributed by atoms with Crippen molar-refractivity contribution in [3.05, 3.63) is 42.1 Å². The molecule has 2 aromatic rings. The second-order valence-corrected chi connectivity index (χ2v) is 5.45. The minimum Gasteiger partial charge on any atom is -0.354 e. The number of anilines is 1. The topological polar surface area (TPSA) is 60.1 Å². The zero-order chi connectivity index (χ0) is 14.5. The third kappa shape index (κ3) is 3.80. The van der Waals surface area contributed by atoms with Crippen molar-refractivity contribution in [3.63, 3.8) is 0 Å². The Morgan fingerprint density at radius 2 is 2.00 bits per heavy atom. The normalized spacial score (nSPS) is 16.3. The van der Waals surface area contributed by atoms with E-state index in [9.17, 15) is 0 Å². The van der Waals surface area contributed by atoms with Crippen LogP contribution in [0.15, 0.2) is 30.7 Å². The summed E-state index contributed by atoms with van der Waals surface area (Å²) < 4.78 is 0. The van der Waals surface area contributed by atoms with Crippen LogP contribution in [0, 0.1) is 0 Å². The van der Waals surface area contributed by atoms with Gasteiger partial charge in [0, 0.05) is 51.3 Å². The smallest absolute Gasteiger partial charge is 0.128 e. The minimum atomic E-state index is 0.743. The number of rotatable bonds is 5. The predicted octanol–water partition coefficient (Wildman–Crippen LogP) is 0.846. The van der Waals surface area contributed by atoms with Gasteiger partial charge in [0.2, 0.25) is 0 Å². The van der Waals surface area contributed by atoms with Gasteiger partial charge in [-0.25, -0.2) is 9.97 Å². The van der Waals surface area contributed by atoms with Gasteiger partial charge in [-0.1, -0.05) is 6.07 Å². The van der Waals surface area contributed by atoms with Crippen LogP contribution in [0.5, 0.6) is 0 Å². The molecule has 0 radical (unpaired) electrons. The van der Waals surface area contributed by atoms with E-state index in [2.05, 4.69) is 49.2 Å². The first kappa shape index (κ1) is 14.0. The van der Waals surface area contributed by atoms with E-state index >= 15 is 0 Å². The van der Waals surface area contributed by atoms with Crippen molar-refractivity contribution in [1.82, 2.24) is 25.2 Å². The lowest BCUT2D eigenvalue weighted by Crippen LogP contribution is -2.44. The summed E-state index contributed by atoms with van der Waals surface area (Å²) in [5, 5.41) is 3.35. The Hall–Kier alpha value is -1.92. The summed E-state index contributed by atoms with van der Waals surface area (Å²) in [6, 6.07) is 4.27. The van der Waals surface area contributed by atoms with Crippen molar-refractivity contribution in [2.75, 3.05) is 38.1 Å². The number of nitrogens with one attached hydrogen (secondary N) is 2. The van der Waals surface area contributed by atoms with Crippen molar-refractivity contribution in [2.24, 2.45) is 0 Å². The lowest BCUT2D eigenvalue weighted by Gasteiger charge is -2.33. The second-order valence-electron chi connectivity index (χ2n) is 5.45. The van der Waals surface area contributed by atoms with Gasteiger partial charge in [0.15, 0.2) is 0 Å². The molecule has 0 aromatic carbocycles. The van der Waals surface area contributed by atoms with Crippen molar-refractivity contribution in [2.45, 2.75) is 13.1 Å². The highest BCUT2D eigenvalue weighted by molar-refractivity contribution is 5.39. The Morgan fingerprint density at radius 3 is 2.67 bits per heavy atom. The Morgan fingerprint density at radius 1 is 1.14 bits per heavy atom. The molecule has 0 atom stereocenters. The average Bonchev–Trinajstić information content (AvgIpc) is 3.02. The van der Waals surface area contributed by atoms with E-state index in [0.717, 1.165) is 50.9 Å². The molecule has 1 saturated heterocycles. The molecule has 3 rings (SSSR count). The van der Waals surface area contributed by atoms with E-state index in [-0.39, 0.29) is 0 Å². The fourth-order valence-corrected chi connectivity index (χ4v) is 2.46. The molecular formula is C15H22N6. The Labute approximate surface area is 125 Å². The van der Waals surface area contributed by atoms with E-state index in [1.165, 1.54) is 5.56 Å². The molecule has 1 aliphatic heterocycles. The molecule has 0 spiro atoms. The van der Waals surface area contributed by atoms with Gasteiger partial charge in [0.25, 0.3) is 0 Å². The highest BCUT2D eigenvalue weighted by atomic mass is 15.3. The summed E-state index contributed by atoms with van der Waals surface area (Å²) >= 11 is 0. The van der Waals surface area contributed by atoms with E-state index in [4.69, 9.17) is 0 Å². The van der Waals surface area contributed by atoms with Crippen LogP contribution in [0.3, 0.4) is 0 Å². The molecule has 2 aromatic heterocycles. The number of aromatic amines is 1. The molecule has 0 bridgehead atoms. The van der Waals surface area contributed by atoms with Crippen LogP contribution in [0.2, 0.25) is 0 Å². The van der Waals surface area contributed by atoms with Gasteiger partial charge in [0.1, 0.15) is 11.6 Å². The van der Waals surface area contributed by atoms with Crippen molar-refractivity contribution in [1.29, 1.82) is 0 Å². The molecule has 6 heteroatoms. The van der Waals surface area contributed by atoms with Crippen LogP contribution >= 0.6 is 0 Å². The van der Waals surface area contributed by atoms with Gasteiger partial charge >= 0.3 is 0 Å². The van der Waals surface area contributed by atoms with Crippen LogP contribution < -0.4 is 10.2 Å². The summed E-state index contributed by atoms with van der Waals surface area (Å²) in [6.07, 6.45) is 5.57. The zero-order valence-electron chi connectivity index (χ0n) is 12.4. The molecule has 2 N–H and O–H groups in total. The number of likely N-dealkylation sites (N-methyl/N-ethyl adjacent to an activating group) is 1. The molecule has 0 amide bonds. The standard InChI is InChI=1S/C15H22N6/c1-20-6-8-21(9-7-20)15-3-2-13(11-19-15)10-16-12-14-17-4-5-18-14/h2-5,11,16H,6-10,12H2,1H3,(H,17,18). The quantitative estimate of drug-likeness (QED) is 0.853. The Bertz CT molecular complexity index is 528. The summed E-state index contributed by atoms with van der Waals surface area (Å²) in [6.45, 7) is 5.87. The minimum absolute atomic E-state index is 0.743. The summed E-state index contributed by atoms with van der Waals surface area (Å²) in [4.78, 5) is 16.5. The van der Waals surface area contributed by atoms with Crippen molar-refractivity contribution in [3.8, 4) is 0 Å². The summed E-state index contributed by atoms with van der Waals surface area (Å²) in [7, 11) is 2.17. The fourth-order valence-electron chi connectivity index (χ4n) is 2.46. The second kappa shape index (κ2) is 6.69. The Balaban J connectivity index is 1.49. The zero-order valence-corrected chi connectivity index (χ0v) is 12.4. The lowest BCUT2D eigenvalue weighted by molar-refractivity contribution is 0.312. The molecule has 6 nitrogen and oxygen atoms in total. The summed E-state index contributed by atoms with van der Waals surface area (Å²) in [5.41, 5.74) is 1.19.